The highest BCUT2D eigenvalue weighted by Crippen LogP contribution is 2.04. The topological polar surface area (TPSA) is 89.3 Å². The molecule has 1 atom stereocenters. The monoisotopic (exact) mass is 208 g/mol. The second kappa shape index (κ2) is 4.57. The molecule has 0 unspecified atom stereocenters. The summed E-state index contributed by atoms with van der Waals surface area (Å²) in [5.74, 6) is -0.425. The molecule has 0 saturated carbocycles. The summed E-state index contributed by atoms with van der Waals surface area (Å²) >= 11 is 0. The van der Waals surface area contributed by atoms with Gasteiger partial charge in [-0.2, -0.15) is 0 Å². The molecule has 0 aromatic heterocycles. The minimum atomic E-state index is -3.36. The van der Waals surface area contributed by atoms with E-state index in [1.807, 2.05) is 13.8 Å². The lowest BCUT2D eigenvalue weighted by Crippen LogP contribution is -2.44. The number of nitrogens with two attached hydrogens (primary N) is 1. The summed E-state index contributed by atoms with van der Waals surface area (Å²) in [5, 5.41) is 0. The third-order valence-corrected chi connectivity index (χ3v) is 2.12. The Labute approximate surface area is 78.7 Å². The van der Waals surface area contributed by atoms with Crippen molar-refractivity contribution < 1.29 is 13.2 Å². The van der Waals surface area contributed by atoms with Gasteiger partial charge in [0.05, 0.1) is 6.26 Å². The van der Waals surface area contributed by atoms with Crippen molar-refractivity contribution in [2.24, 2.45) is 11.7 Å². The maximum Gasteiger partial charge on any atom is 0.235 e. The van der Waals surface area contributed by atoms with Crippen molar-refractivity contribution in [1.82, 2.24) is 4.72 Å². The highest BCUT2D eigenvalue weighted by Gasteiger charge is 2.20. The van der Waals surface area contributed by atoms with Crippen LogP contribution in [0.4, 0.5) is 0 Å². The van der Waals surface area contributed by atoms with Gasteiger partial charge < -0.3 is 5.73 Å². The van der Waals surface area contributed by atoms with Gasteiger partial charge in [-0.1, -0.05) is 13.8 Å². The van der Waals surface area contributed by atoms with Gasteiger partial charge in [0.15, 0.2) is 0 Å². The maximum absolute atomic E-state index is 10.8. The smallest absolute Gasteiger partial charge is 0.235 e. The average molecular weight is 208 g/mol. The molecule has 0 aliphatic rings. The summed E-state index contributed by atoms with van der Waals surface area (Å²) in [6.45, 7) is 3.78. The zero-order chi connectivity index (χ0) is 10.6. The van der Waals surface area contributed by atoms with Gasteiger partial charge in [0, 0.05) is 0 Å². The largest absolute Gasteiger partial charge is 0.368 e. The number of hydrogen-bond acceptors (Lipinski definition) is 3. The van der Waals surface area contributed by atoms with Crippen molar-refractivity contribution in [2.45, 2.75) is 26.3 Å². The van der Waals surface area contributed by atoms with Crippen molar-refractivity contribution >= 4 is 15.9 Å². The Balaban J connectivity index is 4.37. The van der Waals surface area contributed by atoms with Crippen LogP contribution >= 0.6 is 0 Å². The highest BCUT2D eigenvalue weighted by molar-refractivity contribution is 7.88. The zero-order valence-corrected chi connectivity index (χ0v) is 8.89. The Morgan fingerprint density at radius 2 is 1.92 bits per heavy atom. The molecule has 0 spiro atoms. The molecule has 0 fully saturated rings. The highest BCUT2D eigenvalue weighted by atomic mass is 32.2. The third-order valence-electron chi connectivity index (χ3n) is 1.41. The number of hydrogen-bond donors (Lipinski definition) is 2. The van der Waals surface area contributed by atoms with Gasteiger partial charge in [-0.25, -0.2) is 13.1 Å². The quantitative estimate of drug-likeness (QED) is 0.634. The first kappa shape index (κ1) is 12.4. The Bertz CT molecular complexity index is 271. The van der Waals surface area contributed by atoms with E-state index in [4.69, 9.17) is 5.73 Å². The number of carbonyl (C=O) groups is 1. The zero-order valence-electron chi connectivity index (χ0n) is 8.07. The summed E-state index contributed by atoms with van der Waals surface area (Å²) in [6, 6.07) is -0.796. The molecule has 0 heterocycles. The predicted molar refractivity (Wildman–Crippen MR) is 50.4 cm³/mol. The van der Waals surface area contributed by atoms with Crippen molar-refractivity contribution in [3.63, 3.8) is 0 Å². The number of primary amides is 1. The SMILES string of the molecule is CC(C)C[C@@H](NS(C)(=O)=O)C(N)=O. The molecule has 6 heteroatoms. The number of amides is 1. The third kappa shape index (κ3) is 6.53. The van der Waals surface area contributed by atoms with Crippen LogP contribution in [0.1, 0.15) is 20.3 Å². The predicted octanol–water partition coefficient (Wildman–Crippen LogP) is -0.564. The molecule has 0 aliphatic carbocycles. The van der Waals surface area contributed by atoms with E-state index in [2.05, 4.69) is 4.72 Å². The molecule has 0 radical (unpaired) electrons. The molecule has 0 aromatic rings. The van der Waals surface area contributed by atoms with Crippen molar-refractivity contribution in [3.05, 3.63) is 0 Å². The molecule has 78 valence electrons. The average Bonchev–Trinajstić information content (AvgIpc) is 1.81. The van der Waals surface area contributed by atoms with Gasteiger partial charge in [-0.15, -0.1) is 0 Å². The van der Waals surface area contributed by atoms with E-state index >= 15 is 0 Å². The van der Waals surface area contributed by atoms with Crippen LogP contribution in [0.3, 0.4) is 0 Å². The normalized spacial score (nSPS) is 14.5. The maximum atomic E-state index is 10.8. The lowest BCUT2D eigenvalue weighted by molar-refractivity contribution is -0.119. The van der Waals surface area contributed by atoms with Gasteiger partial charge in [-0.05, 0) is 12.3 Å². The van der Waals surface area contributed by atoms with E-state index in [-0.39, 0.29) is 5.92 Å². The molecular formula is C7H16N2O3S. The van der Waals surface area contributed by atoms with E-state index in [0.717, 1.165) is 6.26 Å². The standard InChI is InChI=1S/C7H16N2O3S/c1-5(2)4-6(7(8)10)9-13(3,11)12/h5-6,9H,4H2,1-3H3,(H2,8,10)/t6-/m1/s1. The van der Waals surface area contributed by atoms with E-state index in [1.54, 1.807) is 0 Å². The Kier molecular flexibility index (Phi) is 4.35. The number of nitrogens with one attached hydrogen (secondary N) is 1. The van der Waals surface area contributed by atoms with Gasteiger partial charge >= 0.3 is 0 Å². The first-order valence-corrected chi connectivity index (χ1v) is 5.88. The number of sulfonamides is 1. The fourth-order valence-corrected chi connectivity index (χ4v) is 1.68. The molecular weight excluding hydrogens is 192 g/mol. The van der Waals surface area contributed by atoms with Crippen LogP contribution in [0.2, 0.25) is 0 Å². The molecule has 5 nitrogen and oxygen atoms in total. The summed E-state index contributed by atoms with van der Waals surface area (Å²) in [6.07, 6.45) is 1.42. The van der Waals surface area contributed by atoms with Crippen molar-refractivity contribution in [1.29, 1.82) is 0 Å². The molecule has 0 rings (SSSR count). The van der Waals surface area contributed by atoms with Crippen LogP contribution < -0.4 is 10.5 Å². The molecule has 0 aliphatic heterocycles. The van der Waals surface area contributed by atoms with Crippen LogP contribution in [0.25, 0.3) is 0 Å². The Hall–Kier alpha value is -0.620. The van der Waals surface area contributed by atoms with E-state index in [9.17, 15) is 13.2 Å². The minimum absolute atomic E-state index is 0.215. The van der Waals surface area contributed by atoms with Crippen molar-refractivity contribution in [3.8, 4) is 0 Å². The fourth-order valence-electron chi connectivity index (χ4n) is 0.952. The van der Waals surface area contributed by atoms with Crippen LogP contribution in [-0.2, 0) is 14.8 Å². The molecule has 3 N–H and O–H groups in total. The number of carbonyl (C=O) groups excluding carboxylic acids is 1. The summed E-state index contributed by atoms with van der Waals surface area (Å²) in [7, 11) is -3.36. The summed E-state index contributed by atoms with van der Waals surface area (Å²) in [4.78, 5) is 10.8. The summed E-state index contributed by atoms with van der Waals surface area (Å²) < 4.78 is 23.8. The van der Waals surface area contributed by atoms with Crippen LogP contribution in [-0.4, -0.2) is 26.6 Å². The van der Waals surface area contributed by atoms with Crippen LogP contribution in [0.15, 0.2) is 0 Å². The van der Waals surface area contributed by atoms with Crippen molar-refractivity contribution in [2.75, 3.05) is 6.26 Å². The lowest BCUT2D eigenvalue weighted by Gasteiger charge is -2.15. The molecule has 1 amide bonds. The molecule has 0 bridgehead atoms. The van der Waals surface area contributed by atoms with Crippen LogP contribution in [0, 0.1) is 5.92 Å². The van der Waals surface area contributed by atoms with E-state index in [1.165, 1.54) is 0 Å². The van der Waals surface area contributed by atoms with Gasteiger partial charge in [0.2, 0.25) is 15.9 Å². The molecule has 13 heavy (non-hydrogen) atoms. The second-order valence-corrected chi connectivity index (χ2v) is 5.25. The Morgan fingerprint density at radius 1 is 1.46 bits per heavy atom. The van der Waals surface area contributed by atoms with E-state index in [0.29, 0.717) is 6.42 Å². The van der Waals surface area contributed by atoms with E-state index < -0.39 is 22.0 Å². The molecule has 0 saturated heterocycles. The fraction of sp³-hybridized carbons (Fsp3) is 0.857. The van der Waals surface area contributed by atoms with Crippen LogP contribution in [0.5, 0.6) is 0 Å². The minimum Gasteiger partial charge on any atom is -0.368 e. The first-order valence-electron chi connectivity index (χ1n) is 3.99. The van der Waals surface area contributed by atoms with Gasteiger partial charge in [0.25, 0.3) is 0 Å². The Morgan fingerprint density at radius 3 is 2.15 bits per heavy atom. The number of rotatable bonds is 5. The van der Waals surface area contributed by atoms with Gasteiger partial charge in [0.1, 0.15) is 6.04 Å². The van der Waals surface area contributed by atoms with Gasteiger partial charge in [-0.3, -0.25) is 4.79 Å². The summed E-state index contributed by atoms with van der Waals surface area (Å²) in [5.41, 5.74) is 5.03. The molecule has 0 aromatic carbocycles. The first-order chi connectivity index (χ1) is 5.72. The second-order valence-electron chi connectivity index (χ2n) is 3.47. The lowest BCUT2D eigenvalue weighted by atomic mass is 10.0.